The number of imide groups is 1. The Morgan fingerprint density at radius 1 is 1.16 bits per heavy atom. The average molecular weight is 358 g/mol. The van der Waals surface area contributed by atoms with Gasteiger partial charge >= 0.3 is 0 Å². The van der Waals surface area contributed by atoms with Gasteiger partial charge in [-0.15, -0.1) is 0 Å². The first-order valence-electron chi connectivity index (χ1n) is 7.98. The molecule has 0 unspecified atom stereocenters. The van der Waals surface area contributed by atoms with E-state index in [2.05, 4.69) is 0 Å². The summed E-state index contributed by atoms with van der Waals surface area (Å²) in [5.74, 6) is -0.652. The molecule has 25 heavy (non-hydrogen) atoms. The highest BCUT2D eigenvalue weighted by atomic mass is 32.2. The number of thioether (sulfide) groups is 1. The Bertz CT molecular complexity index is 724. The molecular weight excluding hydrogens is 340 g/mol. The molecule has 2 fully saturated rings. The van der Waals surface area contributed by atoms with E-state index in [0.29, 0.717) is 31.2 Å². The summed E-state index contributed by atoms with van der Waals surface area (Å²) in [5, 5.41) is -0.411. The van der Waals surface area contributed by atoms with Gasteiger partial charge in [-0.05, 0) is 23.4 Å². The van der Waals surface area contributed by atoms with E-state index < -0.39 is 11.1 Å². The third-order valence-electron chi connectivity index (χ3n) is 3.87. The van der Waals surface area contributed by atoms with Crippen LogP contribution in [0.4, 0.5) is 4.79 Å². The van der Waals surface area contributed by atoms with Gasteiger partial charge in [-0.25, -0.2) is 0 Å². The number of ether oxygens (including phenoxy) is 1. The van der Waals surface area contributed by atoms with E-state index in [9.17, 15) is 14.4 Å². The van der Waals surface area contributed by atoms with E-state index >= 15 is 0 Å². The van der Waals surface area contributed by atoms with Gasteiger partial charge in [-0.2, -0.15) is 0 Å². The second-order valence-electron chi connectivity index (χ2n) is 5.55. The quantitative estimate of drug-likeness (QED) is 0.772. The summed E-state index contributed by atoms with van der Waals surface area (Å²) in [6, 6.07) is 9.65. The Morgan fingerprint density at radius 3 is 2.60 bits per heavy atom. The Morgan fingerprint density at radius 2 is 1.88 bits per heavy atom. The molecule has 0 saturated carbocycles. The summed E-state index contributed by atoms with van der Waals surface area (Å²) in [6.45, 7) is 1.73. The molecule has 0 N–H and O–H groups in total. The maximum atomic E-state index is 12.4. The minimum atomic E-state index is -0.422. The van der Waals surface area contributed by atoms with Crippen molar-refractivity contribution in [1.29, 1.82) is 0 Å². The maximum absolute atomic E-state index is 12.4. The molecule has 0 radical (unpaired) electrons. The zero-order valence-electron chi connectivity index (χ0n) is 13.6. The van der Waals surface area contributed by atoms with Gasteiger partial charge in [0.25, 0.3) is 11.1 Å². The van der Waals surface area contributed by atoms with Crippen molar-refractivity contribution < 1.29 is 19.1 Å². The van der Waals surface area contributed by atoms with E-state index in [1.165, 1.54) is 0 Å². The molecule has 2 aliphatic heterocycles. The Balaban J connectivity index is 1.62. The number of nitrogens with zero attached hydrogens (tertiary/aromatic N) is 2. The summed E-state index contributed by atoms with van der Waals surface area (Å²) in [7, 11) is 0. The minimum absolute atomic E-state index is 0.218. The topological polar surface area (TPSA) is 66.9 Å². The van der Waals surface area contributed by atoms with Crippen molar-refractivity contribution in [2.75, 3.05) is 32.8 Å². The van der Waals surface area contributed by atoms with Crippen LogP contribution in [0, 0.1) is 0 Å². The molecule has 1 aromatic carbocycles. The van der Waals surface area contributed by atoms with Crippen molar-refractivity contribution in [3.05, 3.63) is 53.0 Å². The van der Waals surface area contributed by atoms with Crippen molar-refractivity contribution in [2.45, 2.75) is 0 Å². The summed E-state index contributed by atoms with van der Waals surface area (Å²) in [6.07, 6.45) is 5.19. The number of carbonyl (C=O) groups is 3. The van der Waals surface area contributed by atoms with Crippen molar-refractivity contribution >= 4 is 34.9 Å². The van der Waals surface area contributed by atoms with Crippen LogP contribution in [0.5, 0.6) is 0 Å². The molecule has 7 heteroatoms. The molecule has 0 bridgehead atoms. The van der Waals surface area contributed by atoms with Crippen molar-refractivity contribution in [3.8, 4) is 0 Å². The van der Waals surface area contributed by atoms with Crippen LogP contribution in [0.2, 0.25) is 0 Å². The van der Waals surface area contributed by atoms with Crippen molar-refractivity contribution in [3.63, 3.8) is 0 Å². The van der Waals surface area contributed by atoms with Crippen LogP contribution in [0.15, 0.2) is 47.4 Å². The van der Waals surface area contributed by atoms with E-state index in [-0.39, 0.29) is 12.5 Å². The van der Waals surface area contributed by atoms with Crippen molar-refractivity contribution in [2.24, 2.45) is 0 Å². The highest BCUT2D eigenvalue weighted by Crippen LogP contribution is 2.30. The second-order valence-corrected chi connectivity index (χ2v) is 6.55. The van der Waals surface area contributed by atoms with Crippen LogP contribution in [0.25, 0.3) is 6.08 Å². The first-order chi connectivity index (χ1) is 12.1. The van der Waals surface area contributed by atoms with E-state index in [1.54, 1.807) is 17.1 Å². The highest BCUT2D eigenvalue weighted by molar-refractivity contribution is 8.18. The van der Waals surface area contributed by atoms with Gasteiger partial charge in [-0.1, -0.05) is 42.5 Å². The predicted molar refractivity (Wildman–Crippen MR) is 95.7 cm³/mol. The van der Waals surface area contributed by atoms with Gasteiger partial charge in [0.1, 0.15) is 6.54 Å². The lowest BCUT2D eigenvalue weighted by molar-refractivity contribution is -0.139. The lowest BCUT2D eigenvalue weighted by Crippen LogP contribution is -2.46. The summed E-state index contributed by atoms with van der Waals surface area (Å²) < 4.78 is 5.20. The molecule has 2 saturated heterocycles. The largest absolute Gasteiger partial charge is 0.378 e. The first kappa shape index (κ1) is 17.4. The zero-order chi connectivity index (χ0) is 17.6. The third kappa shape index (κ3) is 4.37. The highest BCUT2D eigenvalue weighted by Gasteiger charge is 2.36. The smallest absolute Gasteiger partial charge is 0.294 e. The fourth-order valence-electron chi connectivity index (χ4n) is 2.51. The van der Waals surface area contributed by atoms with Gasteiger partial charge in [0.15, 0.2) is 0 Å². The van der Waals surface area contributed by atoms with Crippen LogP contribution in [-0.2, 0) is 14.3 Å². The van der Waals surface area contributed by atoms with Crippen LogP contribution >= 0.6 is 11.8 Å². The monoisotopic (exact) mass is 358 g/mol. The lowest BCUT2D eigenvalue weighted by Gasteiger charge is -2.27. The molecule has 2 aliphatic rings. The summed E-state index contributed by atoms with van der Waals surface area (Å²) in [4.78, 5) is 39.6. The molecule has 130 valence electrons. The summed E-state index contributed by atoms with van der Waals surface area (Å²) in [5.41, 5.74) is 1.00. The fourth-order valence-corrected chi connectivity index (χ4v) is 3.30. The third-order valence-corrected chi connectivity index (χ3v) is 4.79. The van der Waals surface area contributed by atoms with Gasteiger partial charge in [0.05, 0.1) is 18.1 Å². The SMILES string of the molecule is O=C(CN1C(=O)S/C(=C\C=C\c2ccccc2)C1=O)N1CCOCC1. The molecule has 0 atom stereocenters. The van der Waals surface area contributed by atoms with Crippen molar-refractivity contribution in [1.82, 2.24) is 9.80 Å². The molecule has 2 heterocycles. The Labute approximate surface area is 150 Å². The number of allylic oxidation sites excluding steroid dienone is 2. The normalized spacial score (nSPS) is 20.1. The molecule has 0 aromatic heterocycles. The van der Waals surface area contributed by atoms with Gasteiger partial charge in [0, 0.05) is 13.1 Å². The van der Waals surface area contributed by atoms with Crippen LogP contribution in [0.1, 0.15) is 5.56 Å². The number of rotatable bonds is 4. The molecule has 1 aromatic rings. The minimum Gasteiger partial charge on any atom is -0.378 e. The van der Waals surface area contributed by atoms with Gasteiger partial charge < -0.3 is 9.64 Å². The van der Waals surface area contributed by atoms with E-state index in [0.717, 1.165) is 22.2 Å². The fraction of sp³-hybridized carbons (Fsp3) is 0.278. The molecule has 0 aliphatic carbocycles. The second kappa shape index (κ2) is 8.13. The van der Waals surface area contributed by atoms with Gasteiger partial charge in [0.2, 0.25) is 5.91 Å². The van der Waals surface area contributed by atoms with Crippen LogP contribution < -0.4 is 0 Å². The number of morpholine rings is 1. The predicted octanol–water partition coefficient (Wildman–Crippen LogP) is 2.14. The number of amides is 3. The Kier molecular flexibility index (Phi) is 5.67. The number of benzene rings is 1. The molecule has 6 nitrogen and oxygen atoms in total. The standard InChI is InChI=1S/C18H18N2O4S/c21-16(19-9-11-24-12-10-19)13-20-17(22)15(25-18(20)23)8-4-7-14-5-2-1-3-6-14/h1-8H,9-13H2/b7-4+,15-8-. The molecular formula is C18H18N2O4S. The number of hydrogen-bond donors (Lipinski definition) is 0. The Hall–Kier alpha value is -2.38. The number of carbonyl (C=O) groups excluding carboxylic acids is 3. The van der Waals surface area contributed by atoms with Crippen LogP contribution in [-0.4, -0.2) is 59.7 Å². The lowest BCUT2D eigenvalue weighted by atomic mass is 10.2. The first-order valence-corrected chi connectivity index (χ1v) is 8.79. The van der Waals surface area contributed by atoms with E-state index in [4.69, 9.17) is 4.74 Å². The summed E-state index contributed by atoms with van der Waals surface area (Å²) >= 11 is 0.857. The number of hydrogen-bond acceptors (Lipinski definition) is 5. The maximum Gasteiger partial charge on any atom is 0.294 e. The average Bonchev–Trinajstić information content (AvgIpc) is 2.91. The van der Waals surface area contributed by atoms with Gasteiger partial charge in [-0.3, -0.25) is 19.3 Å². The van der Waals surface area contributed by atoms with Crippen LogP contribution in [0.3, 0.4) is 0 Å². The molecule has 3 amide bonds. The molecule has 0 spiro atoms. The van der Waals surface area contributed by atoms with E-state index in [1.807, 2.05) is 36.4 Å². The zero-order valence-corrected chi connectivity index (χ0v) is 14.4. The molecule has 3 rings (SSSR count).